The van der Waals surface area contributed by atoms with Crippen LogP contribution in [0, 0.1) is 0 Å². The summed E-state index contributed by atoms with van der Waals surface area (Å²) in [6.07, 6.45) is 15.4. The first-order chi connectivity index (χ1) is 14.6. The number of hydrogen-bond donors (Lipinski definition) is 2. The smallest absolute Gasteiger partial charge is 0.193 e. The highest BCUT2D eigenvalue weighted by Gasteiger charge is 2.15. The van der Waals surface area contributed by atoms with Gasteiger partial charge in [-0.05, 0) is 68.0 Å². The Balaban J connectivity index is 1.85. The van der Waals surface area contributed by atoms with Crippen LogP contribution in [0.3, 0.4) is 0 Å². The normalized spacial score (nSPS) is 11.4. The molecule has 2 aromatic rings. The summed E-state index contributed by atoms with van der Waals surface area (Å²) in [5.41, 5.74) is 0.949. The van der Waals surface area contributed by atoms with Crippen LogP contribution < -0.4 is 4.74 Å². The number of hydrogen-bond acceptors (Lipinski definition) is 4. The third-order valence-corrected chi connectivity index (χ3v) is 4.73. The van der Waals surface area contributed by atoms with Crippen molar-refractivity contribution in [2.75, 3.05) is 6.61 Å². The van der Waals surface area contributed by atoms with E-state index in [1.807, 2.05) is 0 Å². The third-order valence-electron chi connectivity index (χ3n) is 4.73. The van der Waals surface area contributed by atoms with Crippen LogP contribution in [0.15, 0.2) is 60.7 Å². The zero-order valence-corrected chi connectivity index (χ0v) is 17.7. The minimum Gasteiger partial charge on any atom is -0.508 e. The molecule has 0 atom stereocenters. The molecule has 0 spiro atoms. The van der Waals surface area contributed by atoms with Gasteiger partial charge in [0.15, 0.2) is 5.78 Å². The highest BCUT2D eigenvalue weighted by molar-refractivity contribution is 6.10. The quantitative estimate of drug-likeness (QED) is 0.168. The molecule has 30 heavy (non-hydrogen) atoms. The minimum absolute atomic E-state index is 0.0946. The summed E-state index contributed by atoms with van der Waals surface area (Å²) in [7, 11) is 0. The Morgan fingerprint density at radius 1 is 0.933 bits per heavy atom. The van der Waals surface area contributed by atoms with Crippen molar-refractivity contribution in [2.45, 2.75) is 51.9 Å². The van der Waals surface area contributed by atoms with Crippen LogP contribution in [0.4, 0.5) is 0 Å². The SMILES string of the molecule is CCCCC/C=C\CCCCOc1cccc(O)c1C(=O)/C=C/c1ccc(O)cc1. The molecule has 0 fully saturated rings. The highest BCUT2D eigenvalue weighted by Crippen LogP contribution is 2.29. The summed E-state index contributed by atoms with van der Waals surface area (Å²) in [5, 5.41) is 19.5. The Morgan fingerprint density at radius 2 is 1.63 bits per heavy atom. The van der Waals surface area contributed by atoms with Gasteiger partial charge in [-0.1, -0.05) is 56.2 Å². The molecular formula is C26H32O4. The van der Waals surface area contributed by atoms with Crippen LogP contribution in [0.25, 0.3) is 6.08 Å². The van der Waals surface area contributed by atoms with E-state index in [1.165, 1.54) is 31.4 Å². The molecule has 2 N–H and O–H groups in total. The topological polar surface area (TPSA) is 66.8 Å². The van der Waals surface area contributed by atoms with E-state index in [2.05, 4.69) is 19.1 Å². The van der Waals surface area contributed by atoms with Crippen molar-refractivity contribution in [3.63, 3.8) is 0 Å². The van der Waals surface area contributed by atoms with Crippen molar-refractivity contribution < 1.29 is 19.7 Å². The van der Waals surface area contributed by atoms with Crippen LogP contribution in [0.5, 0.6) is 17.2 Å². The standard InChI is InChI=1S/C26H32O4/c1-2-3-4-5-6-7-8-9-10-20-30-25-13-11-12-23(28)26(25)24(29)19-16-21-14-17-22(27)18-15-21/h6-7,11-19,27-28H,2-5,8-10,20H2,1H3/b7-6-,19-16+. The van der Waals surface area contributed by atoms with E-state index < -0.39 is 0 Å². The molecule has 0 amide bonds. The van der Waals surface area contributed by atoms with Gasteiger partial charge in [0.05, 0.1) is 6.61 Å². The van der Waals surface area contributed by atoms with E-state index in [-0.39, 0.29) is 22.8 Å². The molecular weight excluding hydrogens is 376 g/mol. The molecule has 0 aliphatic carbocycles. The number of ketones is 1. The molecule has 2 rings (SSSR count). The molecule has 0 saturated carbocycles. The van der Waals surface area contributed by atoms with Gasteiger partial charge < -0.3 is 14.9 Å². The second kappa shape index (κ2) is 13.3. The predicted octanol–water partition coefficient (Wildman–Crippen LogP) is 6.68. The number of ether oxygens (including phenoxy) is 1. The zero-order chi connectivity index (χ0) is 21.6. The van der Waals surface area contributed by atoms with Crippen LogP contribution in [-0.4, -0.2) is 22.6 Å². The summed E-state index contributed by atoms with van der Waals surface area (Å²) >= 11 is 0. The first kappa shape index (κ1) is 23.3. The Hall–Kier alpha value is -3.01. The van der Waals surface area contributed by atoms with Gasteiger partial charge in [0, 0.05) is 0 Å². The van der Waals surface area contributed by atoms with Gasteiger partial charge in [-0.25, -0.2) is 0 Å². The fraction of sp³-hybridized carbons (Fsp3) is 0.346. The number of benzene rings is 2. The number of rotatable bonds is 13. The van der Waals surface area contributed by atoms with Crippen LogP contribution in [0.1, 0.15) is 67.8 Å². The van der Waals surface area contributed by atoms with Gasteiger partial charge >= 0.3 is 0 Å². The predicted molar refractivity (Wildman–Crippen MR) is 122 cm³/mol. The second-order valence-electron chi connectivity index (χ2n) is 7.25. The van der Waals surface area contributed by atoms with Crippen molar-refractivity contribution in [1.82, 2.24) is 0 Å². The number of allylic oxidation sites excluding steroid dienone is 3. The Labute approximate surface area is 179 Å². The van der Waals surface area contributed by atoms with E-state index in [1.54, 1.807) is 42.5 Å². The Kier molecular flexibility index (Phi) is 10.3. The molecule has 0 aliphatic heterocycles. The summed E-state index contributed by atoms with van der Waals surface area (Å²) < 4.78 is 5.79. The van der Waals surface area contributed by atoms with Crippen molar-refractivity contribution in [3.05, 3.63) is 71.8 Å². The third kappa shape index (κ3) is 8.16. The van der Waals surface area contributed by atoms with Crippen molar-refractivity contribution in [2.24, 2.45) is 0 Å². The number of carbonyl (C=O) groups is 1. The van der Waals surface area contributed by atoms with E-state index in [4.69, 9.17) is 4.74 Å². The first-order valence-electron chi connectivity index (χ1n) is 10.7. The van der Waals surface area contributed by atoms with Gasteiger partial charge in [-0.3, -0.25) is 4.79 Å². The van der Waals surface area contributed by atoms with Crippen molar-refractivity contribution in [1.29, 1.82) is 0 Å². The summed E-state index contributed by atoms with van der Waals surface area (Å²) in [4.78, 5) is 12.6. The number of phenols is 2. The van der Waals surface area contributed by atoms with Crippen molar-refractivity contribution in [3.8, 4) is 17.2 Å². The van der Waals surface area contributed by atoms with Crippen molar-refractivity contribution >= 4 is 11.9 Å². The lowest BCUT2D eigenvalue weighted by Gasteiger charge is -2.11. The van der Waals surface area contributed by atoms with Gasteiger partial charge in [0.2, 0.25) is 0 Å². The average molecular weight is 409 g/mol. The summed E-state index contributed by atoms with van der Waals surface area (Å²) in [6, 6.07) is 11.4. The molecule has 0 bridgehead atoms. The zero-order valence-electron chi connectivity index (χ0n) is 17.7. The Morgan fingerprint density at radius 3 is 2.33 bits per heavy atom. The van der Waals surface area contributed by atoms with E-state index in [0.29, 0.717) is 12.4 Å². The minimum atomic E-state index is -0.328. The molecule has 0 heterocycles. The number of carbonyl (C=O) groups excluding carboxylic acids is 1. The van der Waals surface area contributed by atoms with E-state index >= 15 is 0 Å². The average Bonchev–Trinajstić information content (AvgIpc) is 2.74. The number of unbranched alkanes of at least 4 members (excludes halogenated alkanes) is 5. The molecule has 160 valence electrons. The largest absolute Gasteiger partial charge is 0.508 e. The molecule has 4 nitrogen and oxygen atoms in total. The Bertz CT molecular complexity index is 835. The first-order valence-corrected chi connectivity index (χ1v) is 10.7. The maximum absolute atomic E-state index is 12.6. The molecule has 0 unspecified atom stereocenters. The van der Waals surface area contributed by atoms with Crippen LogP contribution in [-0.2, 0) is 0 Å². The number of aromatic hydroxyl groups is 2. The lowest BCUT2D eigenvalue weighted by molar-refractivity contribution is 0.104. The van der Waals surface area contributed by atoms with E-state index in [0.717, 1.165) is 31.2 Å². The second-order valence-corrected chi connectivity index (χ2v) is 7.25. The fourth-order valence-electron chi connectivity index (χ4n) is 3.02. The molecule has 4 heteroatoms. The summed E-state index contributed by atoms with van der Waals surface area (Å²) in [6.45, 7) is 2.70. The summed E-state index contributed by atoms with van der Waals surface area (Å²) in [5.74, 6) is 0.140. The van der Waals surface area contributed by atoms with Crippen LogP contribution in [0.2, 0.25) is 0 Å². The van der Waals surface area contributed by atoms with Gasteiger partial charge in [-0.2, -0.15) is 0 Å². The van der Waals surface area contributed by atoms with Gasteiger partial charge in [0.25, 0.3) is 0 Å². The lowest BCUT2D eigenvalue weighted by atomic mass is 10.1. The fourth-order valence-corrected chi connectivity index (χ4v) is 3.02. The van der Waals surface area contributed by atoms with E-state index in [9.17, 15) is 15.0 Å². The maximum Gasteiger partial charge on any atom is 0.193 e. The molecule has 2 aromatic carbocycles. The number of phenolic OH excluding ortho intramolecular Hbond substituents is 2. The monoisotopic (exact) mass is 408 g/mol. The van der Waals surface area contributed by atoms with Crippen LogP contribution >= 0.6 is 0 Å². The molecule has 0 saturated heterocycles. The highest BCUT2D eigenvalue weighted by atomic mass is 16.5. The maximum atomic E-state index is 12.6. The molecule has 0 aromatic heterocycles. The molecule has 0 radical (unpaired) electrons. The van der Waals surface area contributed by atoms with Gasteiger partial charge in [-0.15, -0.1) is 0 Å². The van der Waals surface area contributed by atoms with Gasteiger partial charge in [0.1, 0.15) is 22.8 Å². The lowest BCUT2D eigenvalue weighted by Crippen LogP contribution is -2.04. The molecule has 0 aliphatic rings.